The van der Waals surface area contributed by atoms with Gasteiger partial charge in [-0.3, -0.25) is 4.79 Å². The molecule has 3 heterocycles. The average molecular weight is 480 g/mol. The molecule has 0 unspecified atom stereocenters. The lowest BCUT2D eigenvalue weighted by atomic mass is 9.70. The number of pyridine rings is 1. The van der Waals surface area contributed by atoms with Gasteiger partial charge in [-0.25, -0.2) is 9.97 Å². The van der Waals surface area contributed by atoms with Gasteiger partial charge in [0, 0.05) is 46.8 Å². The molecule has 1 saturated carbocycles. The van der Waals surface area contributed by atoms with E-state index in [1.807, 2.05) is 61.5 Å². The number of aliphatic hydroxyl groups is 1. The molecular weight excluding hydrogens is 454 g/mol. The maximum Gasteiger partial charge on any atom is 0.308 e. The average Bonchev–Trinajstić information content (AvgIpc) is 3.23. The Morgan fingerprint density at radius 1 is 1.11 bits per heavy atom. The Hall–Kier alpha value is -4.14. The molecule has 3 aromatic heterocycles. The van der Waals surface area contributed by atoms with E-state index in [4.69, 9.17) is 15.5 Å². The first-order valence-corrected chi connectivity index (χ1v) is 11.8. The number of hydrogen-bond donors (Lipinski definition) is 2. The summed E-state index contributed by atoms with van der Waals surface area (Å²) < 4.78 is 7.28. The second kappa shape index (κ2) is 8.22. The fraction of sp³-hybridized carbons (Fsp3) is 0.214. The number of nitrogens with zero attached hydrogens (tertiary/aromatic N) is 4. The number of fused-ring (bicyclic) bond motifs is 3. The third kappa shape index (κ3) is 3.71. The Balaban J connectivity index is 1.57. The van der Waals surface area contributed by atoms with Crippen molar-refractivity contribution in [2.24, 2.45) is 5.73 Å². The third-order valence-electron chi connectivity index (χ3n) is 6.74. The number of aliphatic hydroxyl groups excluding tert-OH is 1. The van der Waals surface area contributed by atoms with E-state index in [9.17, 15) is 9.90 Å². The van der Waals surface area contributed by atoms with Gasteiger partial charge in [-0.1, -0.05) is 42.5 Å². The Labute approximate surface area is 207 Å². The molecular formula is C28H25N5O3. The quantitative estimate of drug-likeness (QED) is 0.294. The van der Waals surface area contributed by atoms with E-state index in [-0.39, 0.29) is 6.10 Å². The molecule has 2 aromatic carbocycles. The maximum atomic E-state index is 11.8. The number of aromatic nitrogens is 4. The Bertz CT molecular complexity index is 1640. The summed E-state index contributed by atoms with van der Waals surface area (Å²) in [5.74, 6) is 0.0609. The monoisotopic (exact) mass is 479 g/mol. The van der Waals surface area contributed by atoms with Gasteiger partial charge in [-0.2, -0.15) is 9.61 Å². The minimum atomic E-state index is -0.510. The number of hydrogen-bond acceptors (Lipinski definition) is 7. The Morgan fingerprint density at radius 3 is 2.58 bits per heavy atom. The number of benzene rings is 2. The van der Waals surface area contributed by atoms with Crippen molar-refractivity contribution in [2.75, 3.05) is 0 Å². The van der Waals surface area contributed by atoms with Crippen LogP contribution in [-0.4, -0.2) is 36.8 Å². The molecule has 8 nitrogen and oxygen atoms in total. The van der Waals surface area contributed by atoms with Crippen LogP contribution in [0.4, 0.5) is 0 Å². The van der Waals surface area contributed by atoms with Gasteiger partial charge in [0.2, 0.25) is 0 Å². The van der Waals surface area contributed by atoms with Gasteiger partial charge in [-0.05, 0) is 37.5 Å². The van der Waals surface area contributed by atoms with Crippen LogP contribution in [0.2, 0.25) is 0 Å². The van der Waals surface area contributed by atoms with E-state index < -0.39 is 11.5 Å². The second-order valence-corrected chi connectivity index (χ2v) is 9.50. The van der Waals surface area contributed by atoms with Crippen molar-refractivity contribution in [3.8, 4) is 28.1 Å². The van der Waals surface area contributed by atoms with Crippen LogP contribution in [0.3, 0.4) is 0 Å². The largest absolute Gasteiger partial charge is 0.426 e. The SMILES string of the molecule is CC(=O)Oc1ccccc1-c1cc2cnc3cc(C)nn3c2nc1-c1ccc(C2(N)CC(O)C2)cc1. The molecule has 180 valence electrons. The summed E-state index contributed by atoms with van der Waals surface area (Å²) in [4.78, 5) is 21.4. The van der Waals surface area contributed by atoms with Crippen LogP contribution in [0.5, 0.6) is 5.75 Å². The van der Waals surface area contributed by atoms with Gasteiger partial charge in [0.15, 0.2) is 11.3 Å². The molecule has 0 amide bonds. The topological polar surface area (TPSA) is 116 Å². The molecule has 1 aliphatic carbocycles. The van der Waals surface area contributed by atoms with Crippen molar-refractivity contribution in [3.63, 3.8) is 0 Å². The van der Waals surface area contributed by atoms with Gasteiger partial charge in [0.1, 0.15) is 5.75 Å². The van der Waals surface area contributed by atoms with E-state index in [1.54, 1.807) is 16.8 Å². The zero-order chi connectivity index (χ0) is 25.0. The number of aryl methyl sites for hydroxylation is 1. The highest BCUT2D eigenvalue weighted by Gasteiger charge is 2.41. The highest BCUT2D eigenvalue weighted by atomic mass is 16.5. The number of carbonyl (C=O) groups excluding carboxylic acids is 1. The van der Waals surface area contributed by atoms with Crippen LogP contribution in [0, 0.1) is 6.92 Å². The highest BCUT2D eigenvalue weighted by molar-refractivity contribution is 5.92. The summed E-state index contributed by atoms with van der Waals surface area (Å²) in [6, 6.07) is 19.3. The molecule has 5 aromatic rings. The van der Waals surface area contributed by atoms with E-state index in [2.05, 4.69) is 10.1 Å². The van der Waals surface area contributed by atoms with Crippen molar-refractivity contribution >= 4 is 22.6 Å². The fourth-order valence-corrected chi connectivity index (χ4v) is 4.99. The molecule has 0 aliphatic heterocycles. The summed E-state index contributed by atoms with van der Waals surface area (Å²) >= 11 is 0. The number of carbonyl (C=O) groups is 1. The Morgan fingerprint density at radius 2 is 1.86 bits per heavy atom. The standard InChI is InChI=1S/C28H25N5O3/c1-16-11-25-30-15-19-12-23(22-5-3-4-6-24(22)36-17(2)34)26(31-27(19)33(25)32-16)18-7-9-20(10-8-18)28(29)13-21(35)14-28/h3-12,15,21,35H,13-14,29H2,1-2H3. The molecule has 1 fully saturated rings. The van der Waals surface area contributed by atoms with Crippen molar-refractivity contribution in [3.05, 3.63) is 78.1 Å². The maximum absolute atomic E-state index is 11.8. The lowest BCUT2D eigenvalue weighted by Crippen LogP contribution is -2.51. The van der Waals surface area contributed by atoms with E-state index in [0.717, 1.165) is 39.0 Å². The summed E-state index contributed by atoms with van der Waals surface area (Å²) in [6.07, 6.45) is 2.52. The van der Waals surface area contributed by atoms with Crippen molar-refractivity contribution in [2.45, 2.75) is 38.3 Å². The van der Waals surface area contributed by atoms with Crippen molar-refractivity contribution in [1.82, 2.24) is 19.6 Å². The summed E-state index contributed by atoms with van der Waals surface area (Å²) in [6.45, 7) is 3.31. The number of para-hydroxylation sites is 1. The third-order valence-corrected chi connectivity index (χ3v) is 6.74. The van der Waals surface area contributed by atoms with Crippen LogP contribution >= 0.6 is 0 Å². The molecule has 0 atom stereocenters. The minimum absolute atomic E-state index is 0.352. The predicted octanol–water partition coefficient (Wildman–Crippen LogP) is 4.15. The lowest BCUT2D eigenvalue weighted by molar-refractivity contribution is -0.131. The smallest absolute Gasteiger partial charge is 0.308 e. The normalized spacial score (nSPS) is 19.4. The first-order valence-electron chi connectivity index (χ1n) is 11.8. The molecule has 0 bridgehead atoms. The molecule has 0 saturated heterocycles. The molecule has 8 heteroatoms. The van der Waals surface area contributed by atoms with Gasteiger partial charge in [-0.15, -0.1) is 0 Å². The van der Waals surface area contributed by atoms with Crippen LogP contribution in [0.15, 0.2) is 66.9 Å². The molecule has 6 rings (SSSR count). The van der Waals surface area contributed by atoms with Crippen LogP contribution < -0.4 is 10.5 Å². The molecule has 0 spiro atoms. The Kier molecular flexibility index (Phi) is 5.10. The molecule has 36 heavy (non-hydrogen) atoms. The summed E-state index contributed by atoms with van der Waals surface area (Å²) in [5.41, 5.74) is 12.4. The van der Waals surface area contributed by atoms with E-state index in [1.165, 1.54) is 6.92 Å². The first kappa shape index (κ1) is 22.3. The fourth-order valence-electron chi connectivity index (χ4n) is 4.99. The summed E-state index contributed by atoms with van der Waals surface area (Å²) in [5, 5.41) is 15.2. The van der Waals surface area contributed by atoms with Crippen LogP contribution in [0.25, 0.3) is 39.1 Å². The second-order valence-electron chi connectivity index (χ2n) is 9.50. The number of ether oxygens (including phenoxy) is 1. The zero-order valence-corrected chi connectivity index (χ0v) is 20.0. The van der Waals surface area contributed by atoms with Gasteiger partial charge < -0.3 is 15.6 Å². The highest BCUT2D eigenvalue weighted by Crippen LogP contribution is 2.41. The van der Waals surface area contributed by atoms with E-state index >= 15 is 0 Å². The summed E-state index contributed by atoms with van der Waals surface area (Å²) in [7, 11) is 0. The predicted molar refractivity (Wildman–Crippen MR) is 136 cm³/mol. The van der Waals surface area contributed by atoms with Crippen LogP contribution in [-0.2, 0) is 10.3 Å². The number of esters is 1. The van der Waals surface area contributed by atoms with Gasteiger partial charge in [0.25, 0.3) is 0 Å². The molecule has 1 aliphatic rings. The molecule has 0 radical (unpaired) electrons. The van der Waals surface area contributed by atoms with Crippen molar-refractivity contribution < 1.29 is 14.6 Å². The zero-order valence-electron chi connectivity index (χ0n) is 20.0. The number of nitrogens with two attached hydrogens (primary N) is 1. The van der Waals surface area contributed by atoms with E-state index in [0.29, 0.717) is 29.9 Å². The first-order chi connectivity index (χ1) is 17.3. The lowest BCUT2D eigenvalue weighted by Gasteiger charge is -2.42. The van der Waals surface area contributed by atoms with Crippen LogP contribution in [0.1, 0.15) is 31.0 Å². The van der Waals surface area contributed by atoms with Gasteiger partial charge in [0.05, 0.1) is 17.5 Å². The minimum Gasteiger partial charge on any atom is -0.426 e. The van der Waals surface area contributed by atoms with Gasteiger partial charge >= 0.3 is 5.97 Å². The molecule has 3 N–H and O–H groups in total. The van der Waals surface area contributed by atoms with Crippen molar-refractivity contribution in [1.29, 1.82) is 0 Å². The number of rotatable bonds is 4.